The predicted octanol–water partition coefficient (Wildman–Crippen LogP) is 4.14. The second-order valence-electron chi connectivity index (χ2n) is 7.04. The summed E-state index contributed by atoms with van der Waals surface area (Å²) in [6.45, 7) is 1.80. The van der Waals surface area contributed by atoms with Crippen LogP contribution in [0, 0.1) is 0 Å². The summed E-state index contributed by atoms with van der Waals surface area (Å²) >= 11 is 1.65. The molecule has 1 aliphatic rings. The van der Waals surface area contributed by atoms with Gasteiger partial charge in [-0.1, -0.05) is 30.3 Å². The number of esters is 1. The van der Waals surface area contributed by atoms with Gasteiger partial charge in [-0.15, -0.1) is 11.3 Å². The molecule has 0 spiro atoms. The second kappa shape index (κ2) is 8.10. The summed E-state index contributed by atoms with van der Waals surface area (Å²) in [5.41, 5.74) is 3.08. The van der Waals surface area contributed by atoms with Crippen molar-refractivity contribution in [2.75, 3.05) is 11.5 Å². The summed E-state index contributed by atoms with van der Waals surface area (Å²) in [6.07, 6.45) is 2.52. The SMILES string of the molecule is C[C@H]1Cc2ccccc2N1C(=O)COC(=O)CCCc1nc2ccccc2s1. The van der Waals surface area contributed by atoms with E-state index < -0.39 is 0 Å². The van der Waals surface area contributed by atoms with Crippen LogP contribution in [0.15, 0.2) is 48.5 Å². The number of rotatable bonds is 6. The van der Waals surface area contributed by atoms with Crippen molar-refractivity contribution >= 4 is 39.1 Å². The summed E-state index contributed by atoms with van der Waals surface area (Å²) in [4.78, 5) is 30.9. The van der Waals surface area contributed by atoms with Gasteiger partial charge in [-0.05, 0) is 49.9 Å². The second-order valence-corrected chi connectivity index (χ2v) is 8.15. The Kier molecular flexibility index (Phi) is 5.39. The molecule has 5 nitrogen and oxygen atoms in total. The van der Waals surface area contributed by atoms with E-state index in [-0.39, 0.29) is 30.9 Å². The van der Waals surface area contributed by atoms with E-state index in [4.69, 9.17) is 4.74 Å². The maximum absolute atomic E-state index is 12.6. The Bertz CT molecular complexity index is 981. The van der Waals surface area contributed by atoms with Crippen molar-refractivity contribution < 1.29 is 14.3 Å². The molecule has 0 unspecified atom stereocenters. The molecule has 0 bridgehead atoms. The molecule has 1 aliphatic heterocycles. The van der Waals surface area contributed by atoms with Gasteiger partial charge >= 0.3 is 5.97 Å². The first-order valence-electron chi connectivity index (χ1n) is 9.52. The normalized spacial score (nSPS) is 15.6. The Morgan fingerprint density at radius 3 is 2.82 bits per heavy atom. The smallest absolute Gasteiger partial charge is 0.306 e. The third-order valence-electron chi connectivity index (χ3n) is 4.94. The van der Waals surface area contributed by atoms with Crippen LogP contribution in [-0.2, 0) is 27.2 Å². The number of ether oxygens (including phenoxy) is 1. The number of anilines is 1. The molecule has 3 aromatic rings. The number of nitrogens with zero attached hydrogens (tertiary/aromatic N) is 2. The summed E-state index contributed by atoms with van der Waals surface area (Å²) in [6, 6.07) is 16.0. The lowest BCUT2D eigenvalue weighted by molar-refractivity contribution is -0.148. The van der Waals surface area contributed by atoms with Crippen LogP contribution in [0.2, 0.25) is 0 Å². The van der Waals surface area contributed by atoms with Gasteiger partial charge in [0.1, 0.15) is 0 Å². The van der Waals surface area contributed by atoms with Crippen LogP contribution in [0.25, 0.3) is 10.2 Å². The molecule has 0 aliphatic carbocycles. The number of benzene rings is 2. The number of fused-ring (bicyclic) bond motifs is 2. The van der Waals surface area contributed by atoms with Gasteiger partial charge in [0.25, 0.3) is 5.91 Å². The van der Waals surface area contributed by atoms with Crippen LogP contribution >= 0.6 is 11.3 Å². The van der Waals surface area contributed by atoms with Crippen molar-refractivity contribution in [3.8, 4) is 0 Å². The molecular formula is C22H22N2O3S. The molecule has 0 radical (unpaired) electrons. The Labute approximate surface area is 168 Å². The molecule has 28 heavy (non-hydrogen) atoms. The van der Waals surface area contributed by atoms with Crippen LogP contribution in [0.5, 0.6) is 0 Å². The van der Waals surface area contributed by atoms with Crippen molar-refractivity contribution in [3.63, 3.8) is 0 Å². The van der Waals surface area contributed by atoms with E-state index in [0.717, 1.165) is 39.3 Å². The van der Waals surface area contributed by atoms with E-state index in [9.17, 15) is 9.59 Å². The molecule has 144 valence electrons. The average Bonchev–Trinajstić information content (AvgIpc) is 3.25. The van der Waals surface area contributed by atoms with Gasteiger partial charge in [-0.2, -0.15) is 0 Å². The lowest BCUT2D eigenvalue weighted by atomic mass is 10.1. The van der Waals surface area contributed by atoms with Gasteiger partial charge in [-0.25, -0.2) is 4.98 Å². The molecule has 1 atom stereocenters. The van der Waals surface area contributed by atoms with Gasteiger partial charge in [0.15, 0.2) is 6.61 Å². The third kappa shape index (κ3) is 3.92. The Hall–Kier alpha value is -2.73. The fourth-order valence-electron chi connectivity index (χ4n) is 3.64. The Morgan fingerprint density at radius 2 is 1.96 bits per heavy atom. The topological polar surface area (TPSA) is 59.5 Å². The quantitative estimate of drug-likeness (QED) is 0.590. The number of aromatic nitrogens is 1. The van der Waals surface area contributed by atoms with E-state index in [1.54, 1.807) is 16.2 Å². The van der Waals surface area contributed by atoms with Crippen molar-refractivity contribution in [2.24, 2.45) is 0 Å². The van der Waals surface area contributed by atoms with Gasteiger partial charge in [-0.3, -0.25) is 9.59 Å². The number of hydrogen-bond donors (Lipinski definition) is 0. The molecule has 0 saturated heterocycles. The highest BCUT2D eigenvalue weighted by Crippen LogP contribution is 2.31. The van der Waals surface area contributed by atoms with Crippen LogP contribution in [-0.4, -0.2) is 29.5 Å². The Balaban J connectivity index is 1.25. The maximum atomic E-state index is 12.6. The number of para-hydroxylation sites is 2. The van der Waals surface area contributed by atoms with Crippen molar-refractivity contribution in [3.05, 3.63) is 59.1 Å². The average molecular weight is 394 g/mol. The number of aryl methyl sites for hydroxylation is 1. The third-order valence-corrected chi connectivity index (χ3v) is 6.04. The first kappa shape index (κ1) is 18.6. The Morgan fingerprint density at radius 1 is 1.18 bits per heavy atom. The van der Waals surface area contributed by atoms with E-state index in [1.807, 2.05) is 55.5 Å². The molecule has 6 heteroatoms. The van der Waals surface area contributed by atoms with Crippen molar-refractivity contribution in [1.29, 1.82) is 0 Å². The van der Waals surface area contributed by atoms with Gasteiger partial charge in [0, 0.05) is 18.2 Å². The molecule has 4 rings (SSSR count). The van der Waals surface area contributed by atoms with Crippen LogP contribution in [0.1, 0.15) is 30.3 Å². The maximum Gasteiger partial charge on any atom is 0.306 e. The standard InChI is InChI=1S/C22H22N2O3S/c1-15-13-16-7-2-4-9-18(16)24(15)21(25)14-27-22(26)12-6-11-20-23-17-8-3-5-10-19(17)28-20/h2-5,7-10,15H,6,11-14H2,1H3/t15-/m0/s1. The highest BCUT2D eigenvalue weighted by molar-refractivity contribution is 7.18. The molecule has 2 aromatic carbocycles. The fraction of sp³-hybridized carbons (Fsp3) is 0.318. The highest BCUT2D eigenvalue weighted by Gasteiger charge is 2.30. The molecule has 1 aromatic heterocycles. The minimum Gasteiger partial charge on any atom is -0.456 e. The fourth-order valence-corrected chi connectivity index (χ4v) is 4.65. The summed E-state index contributed by atoms with van der Waals surface area (Å²) in [7, 11) is 0. The van der Waals surface area contributed by atoms with E-state index in [1.165, 1.54) is 0 Å². The lowest BCUT2D eigenvalue weighted by Crippen LogP contribution is -2.38. The number of thiazole rings is 1. The van der Waals surface area contributed by atoms with Crippen LogP contribution < -0.4 is 4.90 Å². The van der Waals surface area contributed by atoms with Gasteiger partial charge in [0.2, 0.25) is 0 Å². The minimum absolute atomic E-state index is 0.0858. The molecule has 0 N–H and O–H groups in total. The summed E-state index contributed by atoms with van der Waals surface area (Å²) < 4.78 is 6.39. The van der Waals surface area contributed by atoms with Crippen LogP contribution in [0.3, 0.4) is 0 Å². The highest BCUT2D eigenvalue weighted by atomic mass is 32.1. The molecule has 0 fully saturated rings. The number of carbonyl (C=O) groups excluding carboxylic acids is 2. The zero-order valence-corrected chi connectivity index (χ0v) is 16.6. The van der Waals surface area contributed by atoms with E-state index in [2.05, 4.69) is 4.98 Å². The van der Waals surface area contributed by atoms with Crippen molar-refractivity contribution in [2.45, 2.75) is 38.6 Å². The van der Waals surface area contributed by atoms with Gasteiger partial charge in [0.05, 0.1) is 15.2 Å². The predicted molar refractivity (Wildman–Crippen MR) is 111 cm³/mol. The monoisotopic (exact) mass is 394 g/mol. The molecule has 1 amide bonds. The largest absolute Gasteiger partial charge is 0.456 e. The zero-order valence-electron chi connectivity index (χ0n) is 15.8. The molecule has 0 saturated carbocycles. The number of amides is 1. The zero-order chi connectivity index (χ0) is 19.5. The minimum atomic E-state index is -0.338. The summed E-state index contributed by atoms with van der Waals surface area (Å²) in [5.74, 6) is -0.508. The first-order valence-corrected chi connectivity index (χ1v) is 10.3. The lowest BCUT2D eigenvalue weighted by Gasteiger charge is -2.22. The van der Waals surface area contributed by atoms with Crippen molar-refractivity contribution in [1.82, 2.24) is 4.98 Å². The molecular weight excluding hydrogens is 372 g/mol. The molecule has 2 heterocycles. The first-order chi connectivity index (χ1) is 13.6. The van der Waals surface area contributed by atoms with E-state index >= 15 is 0 Å². The number of hydrogen-bond acceptors (Lipinski definition) is 5. The van der Waals surface area contributed by atoms with Crippen LogP contribution in [0.4, 0.5) is 5.69 Å². The number of carbonyl (C=O) groups is 2. The van der Waals surface area contributed by atoms with Gasteiger partial charge < -0.3 is 9.64 Å². The van der Waals surface area contributed by atoms with E-state index in [0.29, 0.717) is 6.42 Å². The summed E-state index contributed by atoms with van der Waals surface area (Å²) in [5, 5.41) is 1.02.